The van der Waals surface area contributed by atoms with Crippen molar-refractivity contribution in [1.29, 1.82) is 0 Å². The van der Waals surface area contributed by atoms with E-state index < -0.39 is 8.07 Å². The van der Waals surface area contributed by atoms with E-state index in [1.165, 1.54) is 134 Å². The van der Waals surface area contributed by atoms with Crippen LogP contribution < -0.4 is 15.6 Å². The third-order valence-electron chi connectivity index (χ3n) is 17.5. The van der Waals surface area contributed by atoms with Crippen LogP contribution in [0.3, 0.4) is 0 Å². The molecule has 328 valence electrons. The summed E-state index contributed by atoms with van der Waals surface area (Å²) in [6, 6.07) is 88.6. The Balaban J connectivity index is 1.12. The molecule has 1 fully saturated rings. The van der Waals surface area contributed by atoms with Crippen molar-refractivity contribution < 1.29 is 0 Å². The second-order valence-corrected chi connectivity index (χ2v) is 24.8. The van der Waals surface area contributed by atoms with Crippen molar-refractivity contribution in [2.45, 2.75) is 50.0 Å². The predicted octanol–water partition coefficient (Wildman–Crippen LogP) is 16.6. The molecule has 14 rings (SSSR count). The molecule has 1 heterocycles. The monoisotopic (exact) mass is 896 g/mol. The van der Waals surface area contributed by atoms with Gasteiger partial charge in [-0.2, -0.15) is 0 Å². The minimum atomic E-state index is -2.59. The van der Waals surface area contributed by atoms with E-state index in [0.29, 0.717) is 0 Å². The third-order valence-corrected chi connectivity index (χ3v) is 23.6. The van der Waals surface area contributed by atoms with Crippen molar-refractivity contribution in [2.24, 2.45) is 0 Å². The molecule has 2 atom stereocenters. The lowest BCUT2D eigenvalue weighted by Gasteiger charge is -2.54. The van der Waals surface area contributed by atoms with Gasteiger partial charge < -0.3 is 0 Å². The molecule has 12 aromatic carbocycles. The van der Waals surface area contributed by atoms with Gasteiger partial charge in [-0.05, 0) is 155 Å². The Kier molecular flexibility index (Phi) is 8.92. The summed E-state index contributed by atoms with van der Waals surface area (Å²) in [5.74, 6) is 0. The van der Waals surface area contributed by atoms with Gasteiger partial charge in [-0.1, -0.05) is 245 Å². The van der Waals surface area contributed by atoms with E-state index in [2.05, 4.69) is 244 Å². The largest absolute Gasteiger partial charge is 0.155 e. The zero-order valence-electron chi connectivity index (χ0n) is 39.3. The number of hydrogen-bond donors (Lipinski definition) is 0. The summed E-state index contributed by atoms with van der Waals surface area (Å²) in [7, 11) is -2.59. The van der Waals surface area contributed by atoms with Crippen molar-refractivity contribution in [3.8, 4) is 44.5 Å². The molecule has 0 aromatic heterocycles. The van der Waals surface area contributed by atoms with Crippen molar-refractivity contribution in [3.05, 3.63) is 236 Å². The van der Waals surface area contributed by atoms with Gasteiger partial charge in [0, 0.05) is 0 Å². The molecule has 0 bridgehead atoms. The van der Waals surface area contributed by atoms with Crippen LogP contribution in [0, 0.1) is 0 Å². The van der Waals surface area contributed by atoms with E-state index in [1.807, 2.05) is 0 Å². The highest BCUT2D eigenvalue weighted by atomic mass is 28.3. The van der Waals surface area contributed by atoms with E-state index in [4.69, 9.17) is 0 Å². The van der Waals surface area contributed by atoms with E-state index in [-0.39, 0.29) is 10.5 Å². The van der Waals surface area contributed by atoms with Crippen LogP contribution in [0.15, 0.2) is 231 Å². The normalized spacial score (nSPS) is 18.6. The molecule has 0 spiro atoms. The van der Waals surface area contributed by atoms with Crippen molar-refractivity contribution in [3.63, 3.8) is 0 Å². The molecule has 12 aromatic rings. The molecule has 1 saturated carbocycles. The second kappa shape index (κ2) is 15.2. The van der Waals surface area contributed by atoms with Crippen LogP contribution in [0.1, 0.15) is 45.1 Å². The van der Waals surface area contributed by atoms with Gasteiger partial charge >= 0.3 is 0 Å². The van der Waals surface area contributed by atoms with Gasteiger partial charge in [0.25, 0.3) is 0 Å². The highest BCUT2D eigenvalue weighted by Gasteiger charge is 2.68. The predicted molar refractivity (Wildman–Crippen MR) is 299 cm³/mol. The lowest BCUT2D eigenvalue weighted by Crippen LogP contribution is -2.72. The van der Waals surface area contributed by atoms with Crippen molar-refractivity contribution in [1.82, 2.24) is 0 Å². The van der Waals surface area contributed by atoms with Gasteiger partial charge in [0.1, 0.15) is 0 Å². The van der Waals surface area contributed by atoms with E-state index in [0.717, 1.165) is 0 Å². The smallest absolute Gasteiger partial charge is 0.0624 e. The topological polar surface area (TPSA) is 0 Å². The lowest BCUT2D eigenvalue weighted by atomic mass is 9.64. The fourth-order valence-corrected chi connectivity index (χ4v) is 21.2. The van der Waals surface area contributed by atoms with E-state index in [1.54, 1.807) is 10.8 Å². The fourth-order valence-electron chi connectivity index (χ4n) is 14.3. The Bertz CT molecular complexity index is 3930. The molecule has 0 saturated heterocycles. The van der Waals surface area contributed by atoms with Gasteiger partial charge in [-0.25, -0.2) is 0 Å². The summed E-state index contributed by atoms with van der Waals surface area (Å²) >= 11 is 0. The van der Waals surface area contributed by atoms with Gasteiger partial charge in [0.15, 0.2) is 8.07 Å². The summed E-state index contributed by atoms with van der Waals surface area (Å²) in [5.41, 5.74) is 11.8. The molecular formula is C68H52Si. The maximum Gasteiger partial charge on any atom is 0.155 e. The maximum atomic E-state index is 2.70. The molecular weight excluding hydrogens is 845 g/mol. The Hall–Kier alpha value is -7.58. The van der Waals surface area contributed by atoms with Gasteiger partial charge in [0.05, 0.1) is 0 Å². The molecule has 2 aliphatic rings. The Labute approximate surface area is 405 Å². The SMILES string of the molecule is CC12CCCCC1(C)[Si](c1ccccc1)(c1ccccc1)c1ccc(-c3cc(-c4cccc5ccccc45)c4ccc5c(-c6ccccc6)cc(-c6cccc7ccccc67)c6ccc3c4c56)cc12. The Morgan fingerprint density at radius 2 is 0.783 bits per heavy atom. The molecule has 1 aliphatic carbocycles. The first-order chi connectivity index (χ1) is 34.0. The zero-order valence-corrected chi connectivity index (χ0v) is 40.3. The highest BCUT2D eigenvalue weighted by molar-refractivity contribution is 7.14. The Morgan fingerprint density at radius 1 is 0.333 bits per heavy atom. The van der Waals surface area contributed by atoms with Crippen LogP contribution in [0.4, 0.5) is 0 Å². The van der Waals surface area contributed by atoms with E-state index in [9.17, 15) is 0 Å². The molecule has 1 heteroatoms. The fraction of sp³-hybridized carbons (Fsp3) is 0.118. The first-order valence-corrected chi connectivity index (χ1v) is 27.0. The first-order valence-electron chi connectivity index (χ1n) is 25.0. The lowest BCUT2D eigenvalue weighted by molar-refractivity contribution is 0.241. The number of rotatable bonds is 6. The maximum absolute atomic E-state index is 2.70. The van der Waals surface area contributed by atoms with Crippen LogP contribution in [-0.4, -0.2) is 8.07 Å². The summed E-state index contributed by atoms with van der Waals surface area (Å²) in [6.07, 6.45) is 4.97. The van der Waals surface area contributed by atoms with Crippen LogP contribution >= 0.6 is 0 Å². The second-order valence-electron chi connectivity index (χ2n) is 20.5. The highest BCUT2D eigenvalue weighted by Crippen LogP contribution is 2.65. The molecule has 0 nitrogen and oxygen atoms in total. The van der Waals surface area contributed by atoms with Crippen LogP contribution in [-0.2, 0) is 5.41 Å². The number of benzene rings is 12. The van der Waals surface area contributed by atoms with Gasteiger partial charge in [-0.15, -0.1) is 0 Å². The minimum Gasteiger partial charge on any atom is -0.0624 e. The van der Waals surface area contributed by atoms with Crippen molar-refractivity contribution >= 4 is 77.5 Å². The average molecular weight is 897 g/mol. The molecule has 1 aliphatic heterocycles. The average Bonchev–Trinajstić information content (AvgIpc) is 3.60. The van der Waals surface area contributed by atoms with Crippen molar-refractivity contribution in [2.75, 3.05) is 0 Å². The summed E-state index contributed by atoms with van der Waals surface area (Å²) in [5, 5.41) is 17.7. The zero-order chi connectivity index (χ0) is 45.9. The van der Waals surface area contributed by atoms with Crippen LogP contribution in [0.2, 0.25) is 5.04 Å². The van der Waals surface area contributed by atoms with Gasteiger partial charge in [-0.3, -0.25) is 0 Å². The molecule has 0 radical (unpaired) electrons. The van der Waals surface area contributed by atoms with Crippen LogP contribution in [0.5, 0.6) is 0 Å². The number of fused-ring (bicyclic) bond motifs is 5. The van der Waals surface area contributed by atoms with Crippen LogP contribution in [0.25, 0.3) is 98.4 Å². The Morgan fingerprint density at radius 3 is 1.33 bits per heavy atom. The molecule has 69 heavy (non-hydrogen) atoms. The van der Waals surface area contributed by atoms with Gasteiger partial charge in [0.2, 0.25) is 0 Å². The molecule has 0 amide bonds. The summed E-state index contributed by atoms with van der Waals surface area (Å²) in [4.78, 5) is 0. The number of hydrogen-bond acceptors (Lipinski definition) is 0. The molecule has 2 unspecified atom stereocenters. The third kappa shape index (κ3) is 5.57. The molecule has 0 N–H and O–H groups in total. The van der Waals surface area contributed by atoms with E-state index >= 15 is 0 Å². The summed E-state index contributed by atoms with van der Waals surface area (Å²) in [6.45, 7) is 5.35. The minimum absolute atomic E-state index is 0.00862. The standard InChI is InChI=1S/C68H52Si/c1-67-40-16-17-41-68(67,2)69(49-26-8-4-9-27-49,50-28-10-5-11-29-50)64-39-34-48(42-63(64)67)60-44-62(54-33-19-25-46-23-13-15-31-52(46)54)58-37-35-55-59(47-20-6-3-7-21-47)43-61(57-38-36-56(60)66(58)65(55)57)53-32-18-24-45-22-12-14-30-51(45)53/h3-15,18-39,42-44H,16-17,40-41H2,1-2H3. The first kappa shape index (κ1) is 40.5. The quantitative estimate of drug-likeness (QED) is 0.115. The summed E-state index contributed by atoms with van der Waals surface area (Å²) < 4.78 is 0.